The zero-order chi connectivity index (χ0) is 15.4. The Morgan fingerprint density at radius 3 is 2.43 bits per heavy atom. The Morgan fingerprint density at radius 2 is 1.81 bits per heavy atom. The van der Waals surface area contributed by atoms with Crippen LogP contribution in [-0.2, 0) is 6.54 Å². The lowest BCUT2D eigenvalue weighted by Gasteiger charge is -2.08. The lowest BCUT2D eigenvalue weighted by Crippen LogP contribution is -2.23. The molecule has 0 saturated carbocycles. The van der Waals surface area contributed by atoms with E-state index in [4.69, 9.17) is 5.11 Å². The maximum absolute atomic E-state index is 11.9. The molecule has 0 radical (unpaired) electrons. The number of aromatic hydroxyl groups is 2. The van der Waals surface area contributed by atoms with Gasteiger partial charge in [0, 0.05) is 6.20 Å². The molecular weight excluding hydrogens is 276 g/mol. The van der Waals surface area contributed by atoms with Gasteiger partial charge in [-0.25, -0.2) is 4.79 Å². The molecule has 0 spiro atoms. The van der Waals surface area contributed by atoms with Crippen molar-refractivity contribution >= 4 is 11.9 Å². The highest BCUT2D eigenvalue weighted by molar-refractivity contribution is 5.99. The number of phenols is 2. The predicted molar refractivity (Wildman–Crippen MR) is 72.1 cm³/mol. The first-order valence-electron chi connectivity index (χ1n) is 5.96. The number of hydrogen-bond donors (Lipinski definition) is 4. The quantitative estimate of drug-likeness (QED) is 0.669. The minimum absolute atomic E-state index is 0.0340. The molecule has 0 saturated heterocycles. The van der Waals surface area contributed by atoms with Crippen molar-refractivity contribution < 1.29 is 24.9 Å². The van der Waals surface area contributed by atoms with Gasteiger partial charge < -0.3 is 20.6 Å². The summed E-state index contributed by atoms with van der Waals surface area (Å²) in [4.78, 5) is 26.7. The van der Waals surface area contributed by atoms with Gasteiger partial charge in [0.05, 0.1) is 17.8 Å². The average molecular weight is 288 g/mol. The van der Waals surface area contributed by atoms with Gasteiger partial charge in [0.15, 0.2) is 0 Å². The Bertz CT molecular complexity index is 679. The molecule has 0 aliphatic carbocycles. The van der Waals surface area contributed by atoms with Gasteiger partial charge in [-0.2, -0.15) is 0 Å². The van der Waals surface area contributed by atoms with Gasteiger partial charge in [-0.1, -0.05) is 6.07 Å². The molecule has 0 fully saturated rings. The van der Waals surface area contributed by atoms with Gasteiger partial charge in [-0.3, -0.25) is 9.78 Å². The number of phenolic OH excluding ortho intramolecular Hbond substituents is 2. The summed E-state index contributed by atoms with van der Waals surface area (Å²) in [6.07, 6.45) is 1.32. The van der Waals surface area contributed by atoms with E-state index in [1.807, 2.05) is 0 Å². The number of nitrogens with one attached hydrogen (secondary N) is 1. The Hall–Kier alpha value is -3.09. The third-order valence-electron chi connectivity index (χ3n) is 2.74. The van der Waals surface area contributed by atoms with Crippen molar-refractivity contribution in [1.82, 2.24) is 10.3 Å². The molecule has 1 amide bonds. The molecular formula is C14H12N2O5. The number of carbonyl (C=O) groups excluding carboxylic acids is 1. The largest absolute Gasteiger partial charge is 0.507 e. The first-order chi connectivity index (χ1) is 9.99. The Morgan fingerprint density at radius 1 is 1.14 bits per heavy atom. The van der Waals surface area contributed by atoms with Crippen LogP contribution in [-0.4, -0.2) is 32.2 Å². The monoisotopic (exact) mass is 288 g/mol. The smallest absolute Gasteiger partial charge is 0.335 e. The summed E-state index contributed by atoms with van der Waals surface area (Å²) in [5, 5.41) is 30.4. The molecule has 2 aromatic rings. The second-order valence-corrected chi connectivity index (χ2v) is 4.19. The third kappa shape index (κ3) is 3.27. The van der Waals surface area contributed by atoms with Crippen LogP contribution in [0.3, 0.4) is 0 Å². The summed E-state index contributed by atoms with van der Waals surface area (Å²) in [5.74, 6) is -2.48. The maximum Gasteiger partial charge on any atom is 0.335 e. The maximum atomic E-state index is 11.9. The van der Waals surface area contributed by atoms with Crippen LogP contribution in [0.15, 0.2) is 36.5 Å². The van der Waals surface area contributed by atoms with Crippen molar-refractivity contribution in [3.63, 3.8) is 0 Å². The highest BCUT2D eigenvalue weighted by Gasteiger charge is 2.15. The summed E-state index contributed by atoms with van der Waals surface area (Å²) >= 11 is 0. The number of amides is 1. The van der Waals surface area contributed by atoms with Crippen molar-refractivity contribution in [1.29, 1.82) is 0 Å². The molecule has 108 valence electrons. The van der Waals surface area contributed by atoms with Gasteiger partial charge in [-0.15, -0.1) is 0 Å². The Balaban J connectivity index is 2.11. The van der Waals surface area contributed by atoms with Crippen LogP contribution in [0.5, 0.6) is 11.5 Å². The van der Waals surface area contributed by atoms with E-state index in [0.29, 0.717) is 5.69 Å². The van der Waals surface area contributed by atoms with E-state index >= 15 is 0 Å². The number of aromatic carboxylic acids is 1. The normalized spacial score (nSPS) is 10.1. The molecule has 0 unspecified atom stereocenters. The van der Waals surface area contributed by atoms with E-state index in [2.05, 4.69) is 10.3 Å². The van der Waals surface area contributed by atoms with E-state index in [1.54, 1.807) is 0 Å². The summed E-state index contributed by atoms with van der Waals surface area (Å²) < 4.78 is 0. The number of rotatable bonds is 4. The first-order valence-corrected chi connectivity index (χ1v) is 5.96. The van der Waals surface area contributed by atoms with Crippen LogP contribution in [0, 0.1) is 0 Å². The molecule has 1 aromatic heterocycles. The SMILES string of the molecule is O=C(O)c1ccnc(CNC(=O)c2c(O)cccc2O)c1. The number of hydrogen-bond acceptors (Lipinski definition) is 5. The number of aromatic nitrogens is 1. The van der Waals surface area contributed by atoms with Crippen LogP contribution in [0.2, 0.25) is 0 Å². The van der Waals surface area contributed by atoms with Gasteiger partial charge in [0.2, 0.25) is 0 Å². The summed E-state index contributed by atoms with van der Waals surface area (Å²) in [6.45, 7) is -0.0340. The van der Waals surface area contributed by atoms with Gasteiger partial charge in [-0.05, 0) is 24.3 Å². The zero-order valence-corrected chi connectivity index (χ0v) is 10.8. The fraction of sp³-hybridized carbons (Fsp3) is 0.0714. The van der Waals surface area contributed by atoms with Crippen molar-refractivity contribution in [3.8, 4) is 11.5 Å². The molecule has 2 rings (SSSR count). The first kappa shape index (κ1) is 14.3. The fourth-order valence-electron chi connectivity index (χ4n) is 1.73. The number of carboxylic acid groups (broad SMARTS) is 1. The standard InChI is InChI=1S/C14H12N2O5/c17-10-2-1-3-11(18)12(10)13(19)16-7-9-6-8(14(20)21)4-5-15-9/h1-6,17-18H,7H2,(H,16,19)(H,20,21). The molecule has 0 bridgehead atoms. The van der Waals surface area contributed by atoms with Crippen molar-refractivity contribution in [2.75, 3.05) is 0 Å². The minimum Gasteiger partial charge on any atom is -0.507 e. The van der Waals surface area contributed by atoms with Crippen molar-refractivity contribution in [2.24, 2.45) is 0 Å². The minimum atomic E-state index is -1.09. The van der Waals surface area contributed by atoms with Crippen molar-refractivity contribution in [3.05, 3.63) is 53.3 Å². The second kappa shape index (κ2) is 5.91. The number of pyridine rings is 1. The van der Waals surface area contributed by atoms with Crippen LogP contribution in [0.4, 0.5) is 0 Å². The van der Waals surface area contributed by atoms with Crippen LogP contribution >= 0.6 is 0 Å². The number of carbonyl (C=O) groups is 2. The van der Waals surface area contributed by atoms with E-state index in [0.717, 1.165) is 0 Å². The number of benzene rings is 1. The van der Waals surface area contributed by atoms with Crippen LogP contribution in [0.1, 0.15) is 26.4 Å². The molecule has 0 atom stereocenters. The van der Waals surface area contributed by atoms with Crippen LogP contribution < -0.4 is 5.32 Å². The second-order valence-electron chi connectivity index (χ2n) is 4.19. The zero-order valence-electron chi connectivity index (χ0n) is 10.8. The van der Waals surface area contributed by atoms with Crippen molar-refractivity contribution in [2.45, 2.75) is 6.54 Å². The van der Waals surface area contributed by atoms with Crippen LogP contribution in [0.25, 0.3) is 0 Å². The van der Waals surface area contributed by atoms with Gasteiger partial charge in [0.25, 0.3) is 5.91 Å². The third-order valence-corrected chi connectivity index (χ3v) is 2.74. The summed E-state index contributed by atoms with van der Waals surface area (Å²) in [7, 11) is 0. The highest BCUT2D eigenvalue weighted by Crippen LogP contribution is 2.25. The van der Waals surface area contributed by atoms with E-state index < -0.39 is 11.9 Å². The van der Waals surface area contributed by atoms with Gasteiger partial charge in [0.1, 0.15) is 17.1 Å². The van der Waals surface area contributed by atoms with Gasteiger partial charge >= 0.3 is 5.97 Å². The average Bonchev–Trinajstić information content (AvgIpc) is 2.45. The predicted octanol–water partition coefficient (Wildman–Crippen LogP) is 1.12. The molecule has 1 heterocycles. The molecule has 7 nitrogen and oxygen atoms in total. The molecule has 0 aliphatic rings. The lowest BCUT2D eigenvalue weighted by molar-refractivity contribution is 0.0696. The Kier molecular flexibility index (Phi) is 4.03. The van der Waals surface area contributed by atoms with E-state index in [1.165, 1.54) is 36.5 Å². The highest BCUT2D eigenvalue weighted by atomic mass is 16.4. The number of carboxylic acids is 1. The topological polar surface area (TPSA) is 120 Å². The molecule has 7 heteroatoms. The Labute approximate surface area is 119 Å². The molecule has 4 N–H and O–H groups in total. The fourth-order valence-corrected chi connectivity index (χ4v) is 1.73. The molecule has 21 heavy (non-hydrogen) atoms. The summed E-state index contributed by atoms with van der Waals surface area (Å²) in [6, 6.07) is 6.62. The lowest BCUT2D eigenvalue weighted by atomic mass is 10.1. The summed E-state index contributed by atoms with van der Waals surface area (Å²) in [5.41, 5.74) is 0.157. The molecule has 1 aromatic carbocycles. The number of nitrogens with zero attached hydrogens (tertiary/aromatic N) is 1. The van der Waals surface area contributed by atoms with E-state index in [-0.39, 0.29) is 29.2 Å². The molecule has 0 aliphatic heterocycles. The van der Waals surface area contributed by atoms with E-state index in [9.17, 15) is 19.8 Å².